The zero-order chi connectivity index (χ0) is 11.3. The van der Waals surface area contributed by atoms with Crippen LogP contribution in [0.1, 0.15) is 31.9 Å². The highest BCUT2D eigenvalue weighted by atomic mass is 32.2. The minimum Gasteiger partial charge on any atom is -0.398 e. The second-order valence-corrected chi connectivity index (χ2v) is 5.17. The second-order valence-electron chi connectivity index (χ2n) is 3.70. The summed E-state index contributed by atoms with van der Waals surface area (Å²) in [6.07, 6.45) is 0.673. The molecule has 0 fully saturated rings. The number of hydrogen-bond donors (Lipinski definition) is 2. The van der Waals surface area contributed by atoms with Crippen LogP contribution in [-0.4, -0.2) is 16.1 Å². The third kappa shape index (κ3) is 3.76. The lowest BCUT2D eigenvalue weighted by Gasteiger charge is -2.15. The first-order chi connectivity index (χ1) is 7.15. The summed E-state index contributed by atoms with van der Waals surface area (Å²) in [5.41, 5.74) is 7.31. The van der Waals surface area contributed by atoms with Gasteiger partial charge in [-0.2, -0.15) is 11.8 Å². The molecule has 0 saturated carbocycles. The van der Waals surface area contributed by atoms with Crippen molar-refractivity contribution >= 4 is 17.4 Å². The Morgan fingerprint density at radius 2 is 2.07 bits per heavy atom. The van der Waals surface area contributed by atoms with E-state index in [2.05, 4.69) is 13.8 Å². The van der Waals surface area contributed by atoms with Gasteiger partial charge in [-0.15, -0.1) is 0 Å². The van der Waals surface area contributed by atoms with Crippen LogP contribution in [0.25, 0.3) is 0 Å². The number of hydrogen-bond acceptors (Lipinski definition) is 3. The van der Waals surface area contributed by atoms with Gasteiger partial charge in [0.15, 0.2) is 0 Å². The maximum Gasteiger partial charge on any atom is 0.0900 e. The Kier molecular flexibility index (Phi) is 4.99. The number of rotatable bonds is 5. The van der Waals surface area contributed by atoms with Crippen molar-refractivity contribution in [2.24, 2.45) is 0 Å². The summed E-state index contributed by atoms with van der Waals surface area (Å²) in [7, 11) is 0. The fraction of sp³-hybridized carbons (Fsp3) is 0.500. The molecular weight excluding hydrogens is 206 g/mol. The lowest BCUT2D eigenvalue weighted by molar-refractivity contribution is 0.205. The fourth-order valence-electron chi connectivity index (χ4n) is 1.28. The van der Waals surface area contributed by atoms with Gasteiger partial charge in [0.25, 0.3) is 0 Å². The van der Waals surface area contributed by atoms with Crippen molar-refractivity contribution in [1.82, 2.24) is 0 Å². The number of nitrogen functional groups attached to an aromatic ring is 1. The van der Waals surface area contributed by atoms with E-state index in [1.54, 1.807) is 11.8 Å². The van der Waals surface area contributed by atoms with E-state index in [4.69, 9.17) is 5.73 Å². The Labute approximate surface area is 95.9 Å². The Morgan fingerprint density at radius 3 is 2.67 bits per heavy atom. The van der Waals surface area contributed by atoms with Crippen molar-refractivity contribution in [3.63, 3.8) is 0 Å². The van der Waals surface area contributed by atoms with Gasteiger partial charge in [0, 0.05) is 22.3 Å². The maximum atomic E-state index is 9.94. The third-order valence-electron chi connectivity index (χ3n) is 2.47. The van der Waals surface area contributed by atoms with Crippen molar-refractivity contribution in [1.29, 1.82) is 0 Å². The molecule has 0 saturated heterocycles. The molecule has 2 atom stereocenters. The monoisotopic (exact) mass is 225 g/mol. The number of para-hydroxylation sites is 1. The molecule has 15 heavy (non-hydrogen) atoms. The van der Waals surface area contributed by atoms with E-state index in [1.807, 2.05) is 24.3 Å². The zero-order valence-electron chi connectivity index (χ0n) is 9.31. The van der Waals surface area contributed by atoms with Gasteiger partial charge in [-0.05, 0) is 12.5 Å². The predicted octanol–water partition coefficient (Wildman–Crippen LogP) is 2.83. The molecule has 0 bridgehead atoms. The quantitative estimate of drug-likeness (QED) is 0.757. The summed E-state index contributed by atoms with van der Waals surface area (Å²) in [6, 6.07) is 7.50. The largest absolute Gasteiger partial charge is 0.398 e. The standard InChI is InChI=1S/C12H19NOS/c1-3-9(2)15-8-12(14)10-6-4-5-7-11(10)13/h4-7,9,12,14H,3,8,13H2,1-2H3. The van der Waals surface area contributed by atoms with E-state index in [0.29, 0.717) is 16.7 Å². The Bertz CT molecular complexity index is 303. The summed E-state index contributed by atoms with van der Waals surface area (Å²) in [5, 5.41) is 10.5. The molecule has 1 aromatic carbocycles. The second kappa shape index (κ2) is 6.03. The average molecular weight is 225 g/mol. The van der Waals surface area contributed by atoms with Gasteiger partial charge < -0.3 is 10.8 Å². The van der Waals surface area contributed by atoms with Crippen LogP contribution >= 0.6 is 11.8 Å². The molecule has 0 spiro atoms. The average Bonchev–Trinajstić information content (AvgIpc) is 2.26. The van der Waals surface area contributed by atoms with E-state index in [0.717, 1.165) is 12.0 Å². The van der Waals surface area contributed by atoms with Crippen molar-refractivity contribution in [3.8, 4) is 0 Å². The summed E-state index contributed by atoms with van der Waals surface area (Å²) >= 11 is 1.78. The number of nitrogens with two attached hydrogens (primary N) is 1. The summed E-state index contributed by atoms with van der Waals surface area (Å²) < 4.78 is 0. The van der Waals surface area contributed by atoms with E-state index >= 15 is 0 Å². The molecule has 0 aliphatic carbocycles. The molecule has 0 aliphatic heterocycles. The number of thioether (sulfide) groups is 1. The van der Waals surface area contributed by atoms with Gasteiger partial charge in [-0.3, -0.25) is 0 Å². The molecule has 3 N–H and O–H groups in total. The Morgan fingerprint density at radius 1 is 1.40 bits per heavy atom. The van der Waals surface area contributed by atoms with Crippen molar-refractivity contribution in [2.75, 3.05) is 11.5 Å². The SMILES string of the molecule is CCC(C)SCC(O)c1ccccc1N. The van der Waals surface area contributed by atoms with Crippen LogP contribution in [0.4, 0.5) is 5.69 Å². The molecule has 2 unspecified atom stereocenters. The number of aliphatic hydroxyl groups is 1. The van der Waals surface area contributed by atoms with Gasteiger partial charge in [0.1, 0.15) is 0 Å². The van der Waals surface area contributed by atoms with Crippen molar-refractivity contribution in [3.05, 3.63) is 29.8 Å². The summed E-state index contributed by atoms with van der Waals surface area (Å²) in [5.74, 6) is 0.712. The summed E-state index contributed by atoms with van der Waals surface area (Å²) in [6.45, 7) is 4.33. The Balaban J connectivity index is 2.54. The lowest BCUT2D eigenvalue weighted by Crippen LogP contribution is -2.06. The third-order valence-corrected chi connectivity index (χ3v) is 3.88. The predicted molar refractivity (Wildman–Crippen MR) is 68.0 cm³/mol. The van der Waals surface area contributed by atoms with E-state index in [1.165, 1.54) is 0 Å². The lowest BCUT2D eigenvalue weighted by atomic mass is 10.1. The molecule has 3 heteroatoms. The Hall–Kier alpha value is -0.670. The molecule has 0 aliphatic rings. The van der Waals surface area contributed by atoms with Crippen LogP contribution in [0, 0.1) is 0 Å². The minimum absolute atomic E-state index is 0.454. The number of anilines is 1. The molecule has 0 amide bonds. The van der Waals surface area contributed by atoms with Crippen molar-refractivity contribution < 1.29 is 5.11 Å². The number of benzene rings is 1. The fourth-order valence-corrected chi connectivity index (χ4v) is 2.20. The molecular formula is C12H19NOS. The van der Waals surface area contributed by atoms with E-state index in [-0.39, 0.29) is 0 Å². The van der Waals surface area contributed by atoms with E-state index in [9.17, 15) is 5.11 Å². The van der Waals surface area contributed by atoms with Gasteiger partial charge >= 0.3 is 0 Å². The van der Waals surface area contributed by atoms with Gasteiger partial charge in [0.2, 0.25) is 0 Å². The van der Waals surface area contributed by atoms with Crippen LogP contribution in [0.15, 0.2) is 24.3 Å². The summed E-state index contributed by atoms with van der Waals surface area (Å²) in [4.78, 5) is 0. The molecule has 2 nitrogen and oxygen atoms in total. The van der Waals surface area contributed by atoms with Gasteiger partial charge in [-0.25, -0.2) is 0 Å². The molecule has 0 heterocycles. The minimum atomic E-state index is -0.454. The van der Waals surface area contributed by atoms with Crippen LogP contribution in [-0.2, 0) is 0 Å². The highest BCUT2D eigenvalue weighted by molar-refractivity contribution is 7.99. The van der Waals surface area contributed by atoms with Crippen molar-refractivity contribution in [2.45, 2.75) is 31.6 Å². The smallest absolute Gasteiger partial charge is 0.0900 e. The topological polar surface area (TPSA) is 46.2 Å². The van der Waals surface area contributed by atoms with Crippen LogP contribution in [0.3, 0.4) is 0 Å². The first kappa shape index (κ1) is 12.4. The highest BCUT2D eigenvalue weighted by Gasteiger charge is 2.11. The number of aliphatic hydroxyl groups excluding tert-OH is 1. The molecule has 1 aromatic rings. The van der Waals surface area contributed by atoms with E-state index < -0.39 is 6.10 Å². The zero-order valence-corrected chi connectivity index (χ0v) is 10.1. The maximum absolute atomic E-state index is 9.94. The van der Waals surface area contributed by atoms with Gasteiger partial charge in [0.05, 0.1) is 6.10 Å². The van der Waals surface area contributed by atoms with Gasteiger partial charge in [-0.1, -0.05) is 32.0 Å². The normalized spacial score (nSPS) is 14.9. The first-order valence-electron chi connectivity index (χ1n) is 5.29. The molecule has 84 valence electrons. The van der Waals surface area contributed by atoms with Crippen LogP contribution in [0.5, 0.6) is 0 Å². The van der Waals surface area contributed by atoms with Crippen LogP contribution in [0.2, 0.25) is 0 Å². The molecule has 0 aromatic heterocycles. The molecule has 0 radical (unpaired) electrons. The highest BCUT2D eigenvalue weighted by Crippen LogP contribution is 2.25. The molecule has 1 rings (SSSR count). The van der Waals surface area contributed by atoms with Crippen LogP contribution < -0.4 is 5.73 Å². The first-order valence-corrected chi connectivity index (χ1v) is 6.34.